The Labute approximate surface area is 130 Å². The number of rotatable bonds is 4. The molecule has 0 heterocycles. The van der Waals surface area contributed by atoms with Gasteiger partial charge in [-0.3, -0.25) is 0 Å². The number of hydrogen-bond donors (Lipinski definition) is 1. The molecule has 0 aromatic rings. The molecule has 0 fully saturated rings. The molecule has 0 aliphatic heterocycles. The van der Waals surface area contributed by atoms with Crippen molar-refractivity contribution in [3.63, 3.8) is 0 Å². The molecule has 0 unspecified atom stereocenters. The summed E-state index contributed by atoms with van der Waals surface area (Å²) in [7, 11) is -4.39. The minimum absolute atomic E-state index is 0.318. The highest BCUT2D eigenvalue weighted by atomic mass is 28.4. The summed E-state index contributed by atoms with van der Waals surface area (Å²) in [6.07, 6.45) is 9.68. The van der Waals surface area contributed by atoms with Gasteiger partial charge in [0.15, 0.2) is 0 Å². The van der Waals surface area contributed by atoms with Crippen LogP contribution in [0, 0.1) is 0 Å². The molecular weight excluding hydrogens is 290 g/mol. The van der Waals surface area contributed by atoms with E-state index in [1.807, 2.05) is 0 Å². The Balaban J connectivity index is 3.39. The predicted molar refractivity (Wildman–Crippen MR) is 102 cm³/mol. The number of hydrogen-bond acceptors (Lipinski definition) is 1. The van der Waals surface area contributed by atoms with Crippen LogP contribution in [0.3, 0.4) is 0 Å². The second-order valence-corrected chi connectivity index (χ2v) is 25.1. The lowest BCUT2D eigenvalue weighted by Gasteiger charge is -2.57. The second kappa shape index (κ2) is 5.07. The van der Waals surface area contributed by atoms with Gasteiger partial charge in [-0.1, -0.05) is 90.9 Å². The van der Waals surface area contributed by atoms with Crippen LogP contribution in [0.25, 0.3) is 0 Å². The first kappa shape index (κ1) is 18.1. The minimum atomic E-state index is -1.60. The average Bonchev–Trinajstić information content (AvgIpc) is 2.60. The maximum absolute atomic E-state index is 4.17. The van der Waals surface area contributed by atoms with Crippen molar-refractivity contribution in [2.75, 3.05) is 0 Å². The molecule has 1 aliphatic carbocycles. The Kier molecular flexibility index (Phi) is 4.60. The maximum Gasteiger partial charge on any atom is 0.124 e. The van der Waals surface area contributed by atoms with Gasteiger partial charge in [-0.15, -0.1) is 0 Å². The van der Waals surface area contributed by atoms with Crippen molar-refractivity contribution in [1.82, 2.24) is 4.65 Å². The molecule has 0 saturated carbocycles. The van der Waals surface area contributed by atoms with Gasteiger partial charge in [0.2, 0.25) is 0 Å². The highest BCUT2D eigenvalue weighted by Gasteiger charge is 2.59. The van der Waals surface area contributed by atoms with Crippen LogP contribution < -0.4 is 4.65 Å². The van der Waals surface area contributed by atoms with Crippen molar-refractivity contribution in [2.24, 2.45) is 0 Å². The molecule has 4 heteroatoms. The first-order chi connectivity index (χ1) is 8.66. The lowest BCUT2D eigenvalue weighted by atomic mass is 10.2. The summed E-state index contributed by atoms with van der Waals surface area (Å²) in [6, 6.07) is 0. The summed E-state index contributed by atoms with van der Waals surface area (Å²) in [5.41, 5.74) is 0. The Hall–Kier alpha value is 0.0906. The van der Waals surface area contributed by atoms with Crippen molar-refractivity contribution in [3.8, 4) is 0 Å². The van der Waals surface area contributed by atoms with Crippen LogP contribution in [0.15, 0.2) is 24.3 Å². The fourth-order valence-corrected chi connectivity index (χ4v) is 23.3. The van der Waals surface area contributed by atoms with Gasteiger partial charge in [0.25, 0.3) is 0 Å². The molecule has 0 radical (unpaired) electrons. The average molecular weight is 326 g/mol. The van der Waals surface area contributed by atoms with Gasteiger partial charge in [-0.25, -0.2) is 0 Å². The summed E-state index contributed by atoms with van der Waals surface area (Å²) >= 11 is 0. The molecule has 116 valence electrons. The third-order valence-electron chi connectivity index (χ3n) is 5.46. The summed E-state index contributed by atoms with van der Waals surface area (Å²) in [4.78, 5) is 0. The van der Waals surface area contributed by atoms with E-state index in [-0.39, 0.29) is 0 Å². The van der Waals surface area contributed by atoms with E-state index < -0.39 is 24.5 Å². The van der Waals surface area contributed by atoms with E-state index in [1.165, 1.54) is 0 Å². The molecule has 0 atom stereocenters. The molecule has 1 nitrogen and oxygen atoms in total. The smallest absolute Gasteiger partial charge is 0.124 e. The molecule has 0 bridgehead atoms. The zero-order valence-corrected chi connectivity index (χ0v) is 18.3. The highest BCUT2D eigenvalue weighted by Crippen LogP contribution is 2.59. The van der Waals surface area contributed by atoms with Crippen LogP contribution in [-0.4, -0.2) is 24.5 Å². The Bertz CT molecular complexity index is 408. The Morgan fingerprint density at radius 2 is 1.20 bits per heavy atom. The SMILES string of the molecule is CC(C)(C)[Si](C)(C)C1([Si](C)(C)N[Si](C)(C)C)C=CC=C1. The zero-order chi connectivity index (χ0) is 16.0. The molecule has 20 heavy (non-hydrogen) atoms. The maximum atomic E-state index is 4.17. The molecule has 0 saturated heterocycles. The van der Waals surface area contributed by atoms with E-state index in [2.05, 4.69) is 95.6 Å². The van der Waals surface area contributed by atoms with Crippen LogP contribution in [0.1, 0.15) is 20.8 Å². The molecule has 1 rings (SSSR count). The summed E-state index contributed by atoms with van der Waals surface area (Å²) < 4.78 is 4.48. The molecule has 0 aromatic heterocycles. The fraction of sp³-hybridized carbons (Fsp3) is 0.750. The molecule has 0 spiro atoms. The van der Waals surface area contributed by atoms with E-state index in [9.17, 15) is 0 Å². The van der Waals surface area contributed by atoms with Gasteiger partial charge in [0.05, 0.1) is 8.07 Å². The molecule has 1 N–H and O–H groups in total. The molecule has 1 aliphatic rings. The number of nitrogens with one attached hydrogen (secondary N) is 1. The van der Waals surface area contributed by atoms with Gasteiger partial charge >= 0.3 is 0 Å². The van der Waals surface area contributed by atoms with E-state index in [1.54, 1.807) is 0 Å². The van der Waals surface area contributed by atoms with Crippen molar-refractivity contribution in [1.29, 1.82) is 0 Å². The van der Waals surface area contributed by atoms with Crippen LogP contribution in [0.5, 0.6) is 0 Å². The van der Waals surface area contributed by atoms with Gasteiger partial charge in [-0.2, -0.15) is 0 Å². The van der Waals surface area contributed by atoms with Gasteiger partial charge in [0, 0.05) is 4.66 Å². The van der Waals surface area contributed by atoms with Crippen molar-refractivity contribution < 1.29 is 0 Å². The summed E-state index contributed by atoms with van der Waals surface area (Å²) in [5, 5.41) is 0.400. The topological polar surface area (TPSA) is 12.0 Å². The molecule has 0 amide bonds. The highest BCUT2D eigenvalue weighted by molar-refractivity contribution is 7.05. The normalized spacial score (nSPS) is 19.7. The van der Waals surface area contributed by atoms with E-state index in [0.717, 1.165) is 0 Å². The van der Waals surface area contributed by atoms with Gasteiger partial charge in [0.1, 0.15) is 16.5 Å². The largest absolute Gasteiger partial charge is 0.359 e. The standard InChI is InChI=1S/C16H35NSi3/c1-15(2,3)19(7,8)16(13-11-12-14-16)20(9,10)17-18(4,5)6/h11-14,17H,1-10H3. The van der Waals surface area contributed by atoms with Crippen molar-refractivity contribution in [3.05, 3.63) is 24.3 Å². The van der Waals surface area contributed by atoms with E-state index in [0.29, 0.717) is 9.70 Å². The zero-order valence-electron chi connectivity index (χ0n) is 15.3. The Morgan fingerprint density at radius 3 is 1.50 bits per heavy atom. The minimum Gasteiger partial charge on any atom is -0.359 e. The van der Waals surface area contributed by atoms with Crippen LogP contribution >= 0.6 is 0 Å². The summed E-state index contributed by atoms with van der Waals surface area (Å²) in [5.74, 6) is 0. The van der Waals surface area contributed by atoms with Crippen molar-refractivity contribution in [2.45, 2.75) is 76.3 Å². The first-order valence-corrected chi connectivity index (χ1v) is 17.3. The first-order valence-electron chi connectivity index (χ1n) is 7.83. The Morgan fingerprint density at radius 1 is 0.800 bits per heavy atom. The summed E-state index contributed by atoms with van der Waals surface area (Å²) in [6.45, 7) is 24.9. The quantitative estimate of drug-likeness (QED) is 0.670. The van der Waals surface area contributed by atoms with Gasteiger partial charge in [-0.05, 0) is 5.04 Å². The lowest BCUT2D eigenvalue weighted by Crippen LogP contribution is -2.69. The van der Waals surface area contributed by atoms with Crippen LogP contribution in [-0.2, 0) is 0 Å². The van der Waals surface area contributed by atoms with Crippen LogP contribution in [0.4, 0.5) is 0 Å². The lowest BCUT2D eigenvalue weighted by molar-refractivity contribution is 0.698. The number of allylic oxidation sites excluding steroid dienone is 4. The van der Waals surface area contributed by atoms with Crippen LogP contribution in [0.2, 0.25) is 55.5 Å². The van der Waals surface area contributed by atoms with E-state index >= 15 is 0 Å². The van der Waals surface area contributed by atoms with Gasteiger partial charge < -0.3 is 4.65 Å². The van der Waals surface area contributed by atoms with Crippen molar-refractivity contribution >= 4 is 24.5 Å². The predicted octanol–water partition coefficient (Wildman–Crippen LogP) is 5.53. The molecular formula is C16H35NSi3. The second-order valence-electron chi connectivity index (χ2n) is 9.46. The monoisotopic (exact) mass is 325 g/mol. The third kappa shape index (κ3) is 2.98. The fourth-order valence-electron chi connectivity index (χ4n) is 3.75. The van der Waals surface area contributed by atoms with E-state index in [4.69, 9.17) is 0 Å². The third-order valence-corrected chi connectivity index (χ3v) is 23.3. The molecule has 0 aromatic carbocycles.